The van der Waals surface area contributed by atoms with Gasteiger partial charge in [-0.05, 0) is 31.6 Å². The second kappa shape index (κ2) is 12.6. The quantitative estimate of drug-likeness (QED) is 0.183. The fourth-order valence-electron chi connectivity index (χ4n) is 6.46. The summed E-state index contributed by atoms with van der Waals surface area (Å²) >= 11 is 14.1. The van der Waals surface area contributed by atoms with Crippen LogP contribution in [0.4, 0.5) is 8.78 Å². The first-order valence-electron chi connectivity index (χ1n) is 13.3. The Morgan fingerprint density at radius 2 is 1.79 bits per heavy atom. The zero-order valence-corrected chi connectivity index (χ0v) is 23.5. The molecule has 5 aliphatic heterocycles. The van der Waals surface area contributed by atoms with Gasteiger partial charge in [0.15, 0.2) is 0 Å². The van der Waals surface area contributed by atoms with Crippen LogP contribution in [0.1, 0.15) is 19.8 Å². The second-order valence-electron chi connectivity index (χ2n) is 11.0. The highest BCUT2D eigenvalue weighted by molar-refractivity contribution is 8.00. The van der Waals surface area contributed by atoms with E-state index in [1.165, 1.54) is 0 Å². The van der Waals surface area contributed by atoms with E-state index in [-0.39, 0.29) is 63.9 Å². The highest BCUT2D eigenvalue weighted by atomic mass is 35.5. The van der Waals surface area contributed by atoms with Gasteiger partial charge < -0.3 is 20.3 Å². The maximum absolute atomic E-state index is 13.5. The van der Waals surface area contributed by atoms with Gasteiger partial charge in [-0.1, -0.05) is 0 Å². The highest BCUT2D eigenvalue weighted by Crippen LogP contribution is 2.39. The van der Waals surface area contributed by atoms with Crippen molar-refractivity contribution in [2.75, 3.05) is 39.3 Å². The summed E-state index contributed by atoms with van der Waals surface area (Å²) in [5.74, 6) is -0.889. The number of hydrogen-bond acceptors (Lipinski definition) is 9. The van der Waals surface area contributed by atoms with Gasteiger partial charge in [-0.2, -0.15) is 8.78 Å². The van der Waals surface area contributed by atoms with E-state index in [0.717, 1.165) is 0 Å². The number of carbonyl (C=O) groups is 2. The summed E-state index contributed by atoms with van der Waals surface area (Å²) in [6.45, 7) is 2.19. The van der Waals surface area contributed by atoms with Gasteiger partial charge in [-0.25, -0.2) is 0 Å². The molecule has 0 aromatic carbocycles. The van der Waals surface area contributed by atoms with Gasteiger partial charge in [0.25, 0.3) is 5.91 Å². The fraction of sp³-hybridized carbons (Fsp3) is 0.913. The highest BCUT2D eigenvalue weighted by Gasteiger charge is 2.47. The van der Waals surface area contributed by atoms with Crippen LogP contribution >= 0.6 is 35.0 Å². The van der Waals surface area contributed by atoms with Crippen molar-refractivity contribution in [2.45, 2.75) is 72.4 Å². The monoisotopic (exact) mass is 599 g/mol. The minimum Gasteiger partial charge on any atom is -0.337 e. The molecule has 5 saturated heterocycles. The topological polar surface area (TPSA) is 119 Å². The molecular formula is C23H37Cl2F2N7O3S. The fourth-order valence-corrected chi connectivity index (χ4v) is 8.34. The van der Waals surface area contributed by atoms with Crippen LogP contribution in [0, 0.1) is 17.8 Å². The first kappa shape index (κ1) is 29.0. The standard InChI is InChI=1S/C23H37Cl2F2N7O3S/c1-10-2-12(13-3-18(25)29-7-16(13)37-22(26)27)14(6-28-10)20(35)33-23-32-15-8-34(9-17(15)38-23)21(36)19-30-4-11(24)5-31-19/h10-19,22-23,28-32H,2-9H2,1H3,(H,33,35). The largest absolute Gasteiger partial charge is 0.345 e. The smallest absolute Gasteiger partial charge is 0.337 e. The molecule has 5 rings (SSSR count). The molecule has 0 bridgehead atoms. The molecule has 216 valence electrons. The maximum Gasteiger partial charge on any atom is 0.345 e. The number of ether oxygens (including phenoxy) is 1. The van der Waals surface area contributed by atoms with E-state index in [4.69, 9.17) is 27.9 Å². The van der Waals surface area contributed by atoms with Crippen molar-refractivity contribution < 1.29 is 23.1 Å². The first-order chi connectivity index (χ1) is 18.2. The summed E-state index contributed by atoms with van der Waals surface area (Å²) in [7, 11) is 0. The summed E-state index contributed by atoms with van der Waals surface area (Å²) in [6, 6.07) is 0.231. The lowest BCUT2D eigenvalue weighted by Gasteiger charge is -2.45. The number of carbonyl (C=O) groups excluding carboxylic acids is 2. The van der Waals surface area contributed by atoms with E-state index < -0.39 is 24.8 Å². The van der Waals surface area contributed by atoms with Crippen molar-refractivity contribution in [3.05, 3.63) is 0 Å². The van der Waals surface area contributed by atoms with Gasteiger partial charge in [0.2, 0.25) is 5.91 Å². The predicted octanol–water partition coefficient (Wildman–Crippen LogP) is -0.175. The van der Waals surface area contributed by atoms with Crippen molar-refractivity contribution in [1.29, 1.82) is 0 Å². The van der Waals surface area contributed by atoms with E-state index in [2.05, 4.69) is 31.9 Å². The average molecular weight is 601 g/mol. The number of piperidine rings is 2. The van der Waals surface area contributed by atoms with Crippen LogP contribution in [0.25, 0.3) is 0 Å². The minimum atomic E-state index is -2.88. The van der Waals surface area contributed by atoms with Gasteiger partial charge >= 0.3 is 6.61 Å². The molecule has 9 atom stereocenters. The molecule has 0 aromatic heterocycles. The number of fused-ring (bicyclic) bond motifs is 1. The number of nitrogens with one attached hydrogen (secondary N) is 6. The molecule has 2 amide bonds. The number of halogens is 4. The third-order valence-corrected chi connectivity index (χ3v) is 10.3. The lowest BCUT2D eigenvalue weighted by molar-refractivity contribution is -0.189. The molecule has 0 saturated carbocycles. The third kappa shape index (κ3) is 6.68. The van der Waals surface area contributed by atoms with Crippen molar-refractivity contribution in [1.82, 2.24) is 36.8 Å². The molecule has 10 nitrogen and oxygen atoms in total. The Kier molecular flexibility index (Phi) is 9.59. The van der Waals surface area contributed by atoms with Gasteiger partial charge in [0, 0.05) is 56.6 Å². The molecule has 5 fully saturated rings. The van der Waals surface area contributed by atoms with Crippen molar-refractivity contribution in [2.24, 2.45) is 17.8 Å². The zero-order valence-electron chi connectivity index (χ0n) is 21.2. The molecule has 38 heavy (non-hydrogen) atoms. The number of amides is 2. The van der Waals surface area contributed by atoms with Crippen molar-refractivity contribution in [3.8, 4) is 0 Å². The molecule has 6 N–H and O–H groups in total. The summed E-state index contributed by atoms with van der Waals surface area (Å²) < 4.78 is 31.3. The maximum atomic E-state index is 13.5. The SMILES string of the molecule is CC1CC(C2CC(Cl)NCC2OC(F)F)C(C(=O)NC2NC3CN(C(=O)C4NCC(Cl)CN4)CC3S2)CN1. The van der Waals surface area contributed by atoms with E-state index >= 15 is 0 Å². The number of rotatable bonds is 6. The number of alkyl halides is 4. The van der Waals surface area contributed by atoms with E-state index in [1.807, 2.05) is 11.8 Å². The van der Waals surface area contributed by atoms with Gasteiger partial charge in [0.05, 0.1) is 22.9 Å². The van der Waals surface area contributed by atoms with Crippen LogP contribution in [0.3, 0.4) is 0 Å². The van der Waals surface area contributed by atoms with Crippen LogP contribution in [-0.4, -0.2) is 109 Å². The van der Waals surface area contributed by atoms with Crippen molar-refractivity contribution >= 4 is 46.8 Å². The lowest BCUT2D eigenvalue weighted by Crippen LogP contribution is -2.61. The number of likely N-dealkylation sites (tertiary alicyclic amines) is 1. The predicted molar refractivity (Wildman–Crippen MR) is 142 cm³/mol. The van der Waals surface area contributed by atoms with Crippen molar-refractivity contribution in [3.63, 3.8) is 0 Å². The zero-order chi connectivity index (χ0) is 27.0. The number of thioether (sulfide) groups is 1. The Morgan fingerprint density at radius 3 is 2.50 bits per heavy atom. The molecule has 5 aliphatic rings. The molecular weight excluding hydrogens is 563 g/mol. The van der Waals surface area contributed by atoms with Gasteiger partial charge in [0.1, 0.15) is 11.7 Å². The number of hydrogen-bond donors (Lipinski definition) is 6. The molecule has 5 heterocycles. The van der Waals surface area contributed by atoms with Crippen LogP contribution in [0.5, 0.6) is 0 Å². The third-order valence-electron chi connectivity index (χ3n) is 8.35. The summed E-state index contributed by atoms with van der Waals surface area (Å²) in [6.07, 6.45) is 0.00109. The average Bonchev–Trinajstić information content (AvgIpc) is 3.43. The second-order valence-corrected chi connectivity index (χ2v) is 13.4. The van der Waals surface area contributed by atoms with E-state index in [0.29, 0.717) is 45.6 Å². The molecule has 9 unspecified atom stereocenters. The molecule has 15 heteroatoms. The molecule has 0 aromatic rings. The summed E-state index contributed by atoms with van der Waals surface area (Å²) in [5.41, 5.74) is -0.626. The van der Waals surface area contributed by atoms with Crippen LogP contribution in [0.15, 0.2) is 0 Å². The summed E-state index contributed by atoms with van der Waals surface area (Å²) in [4.78, 5) is 28.3. The summed E-state index contributed by atoms with van der Waals surface area (Å²) in [5, 5.41) is 19.4. The van der Waals surface area contributed by atoms with Crippen LogP contribution in [0.2, 0.25) is 0 Å². The number of nitrogens with zero attached hydrogens (tertiary/aromatic N) is 1. The van der Waals surface area contributed by atoms with Crippen LogP contribution < -0.4 is 31.9 Å². The Labute approximate surface area is 235 Å². The molecule has 0 aliphatic carbocycles. The Morgan fingerprint density at radius 1 is 1.03 bits per heavy atom. The van der Waals surface area contributed by atoms with Crippen LogP contribution in [-0.2, 0) is 14.3 Å². The lowest BCUT2D eigenvalue weighted by atomic mass is 9.70. The first-order valence-corrected chi connectivity index (χ1v) is 15.2. The van der Waals surface area contributed by atoms with E-state index in [1.54, 1.807) is 11.8 Å². The normalized spacial score (nSPS) is 43.7. The van der Waals surface area contributed by atoms with E-state index in [9.17, 15) is 18.4 Å². The molecule has 0 radical (unpaired) electrons. The minimum absolute atomic E-state index is 0.0105. The Hall–Kier alpha value is -0.510. The Balaban J connectivity index is 1.17. The Bertz CT molecular complexity index is 848. The van der Waals surface area contributed by atoms with Gasteiger partial charge in [-0.3, -0.25) is 30.9 Å². The molecule has 0 spiro atoms. The van der Waals surface area contributed by atoms with Gasteiger partial charge in [-0.15, -0.1) is 35.0 Å².